The number of benzene rings is 3. The number of piperidine rings is 1. The smallest absolute Gasteiger partial charge is 0.335 e. The number of ether oxygens (including phenoxy) is 3. The van der Waals surface area contributed by atoms with Gasteiger partial charge in [0.1, 0.15) is 17.1 Å². The minimum Gasteiger partial charge on any atom is -0.493 e. The molecule has 13 heteroatoms. The Morgan fingerprint density at radius 2 is 1.75 bits per heavy atom. The molecule has 11 nitrogen and oxygen atoms in total. The summed E-state index contributed by atoms with van der Waals surface area (Å²) in [5.74, 6) is -0.715. The summed E-state index contributed by atoms with van der Waals surface area (Å²) in [7, 11) is 1.54. The van der Waals surface area contributed by atoms with Crippen LogP contribution in [0.4, 0.5) is 14.5 Å². The van der Waals surface area contributed by atoms with Crippen molar-refractivity contribution < 1.29 is 28.1 Å². The highest BCUT2D eigenvalue weighted by atomic mass is 19.1. The van der Waals surface area contributed by atoms with Crippen molar-refractivity contribution in [1.29, 1.82) is 0 Å². The molecule has 0 amide bonds. The lowest BCUT2D eigenvalue weighted by Crippen LogP contribution is -2.31. The summed E-state index contributed by atoms with van der Waals surface area (Å²) in [5.41, 5.74) is -1.41. The molecule has 1 fully saturated rings. The highest BCUT2D eigenvalue weighted by molar-refractivity contribution is 5.88. The zero-order chi connectivity index (χ0) is 33.6. The zero-order valence-electron chi connectivity index (χ0n) is 26.1. The number of fused-ring (bicyclic) bond motifs is 1. The fourth-order valence-corrected chi connectivity index (χ4v) is 5.54. The molecule has 48 heavy (non-hydrogen) atoms. The van der Waals surface area contributed by atoms with Crippen molar-refractivity contribution >= 4 is 22.8 Å². The molecule has 1 saturated heterocycles. The lowest BCUT2D eigenvalue weighted by Gasteiger charge is -2.26. The highest BCUT2D eigenvalue weighted by Crippen LogP contribution is 2.38. The lowest BCUT2D eigenvalue weighted by atomic mass is 10.1. The van der Waals surface area contributed by atoms with Crippen LogP contribution in [-0.4, -0.2) is 64.1 Å². The topological polar surface area (TPSA) is 131 Å². The molecule has 2 aromatic heterocycles. The van der Waals surface area contributed by atoms with E-state index in [1.165, 1.54) is 43.5 Å². The van der Waals surface area contributed by atoms with Crippen molar-refractivity contribution in [2.45, 2.75) is 25.7 Å². The van der Waals surface area contributed by atoms with Crippen LogP contribution in [0.5, 0.6) is 28.9 Å². The number of H-pyrrole nitrogens is 1. The van der Waals surface area contributed by atoms with E-state index in [2.05, 4.69) is 19.9 Å². The van der Waals surface area contributed by atoms with E-state index in [9.17, 15) is 19.1 Å². The van der Waals surface area contributed by atoms with Gasteiger partial charge in [0.05, 0.1) is 30.6 Å². The number of hydrogen-bond acceptors (Lipinski definition) is 9. The number of nitrogens with zero attached hydrogens (tertiary/aromatic N) is 4. The van der Waals surface area contributed by atoms with Gasteiger partial charge in [0.2, 0.25) is 5.88 Å². The van der Waals surface area contributed by atoms with Crippen LogP contribution in [0.25, 0.3) is 16.6 Å². The molecule has 0 radical (unpaired) electrons. The number of aromatic amines is 1. The first-order chi connectivity index (χ1) is 23.3. The molecule has 2 N–H and O–H groups in total. The van der Waals surface area contributed by atoms with E-state index in [0.717, 1.165) is 55.0 Å². The number of methoxy groups -OCH3 is 1. The van der Waals surface area contributed by atoms with Crippen LogP contribution >= 0.6 is 0 Å². The van der Waals surface area contributed by atoms with E-state index in [1.807, 2.05) is 0 Å². The molecule has 1 aliphatic rings. The Hall–Kier alpha value is -5.56. The maximum atomic E-state index is 15.3. The van der Waals surface area contributed by atoms with Gasteiger partial charge < -0.3 is 24.2 Å². The molecule has 0 unspecified atom stereocenters. The molecule has 3 heterocycles. The van der Waals surface area contributed by atoms with Crippen molar-refractivity contribution in [3.05, 3.63) is 105 Å². The van der Waals surface area contributed by atoms with Gasteiger partial charge in [-0.2, -0.15) is 0 Å². The fraction of sp³-hybridized carbons (Fsp3) is 0.257. The number of rotatable bonds is 11. The molecule has 0 atom stereocenters. The number of halogens is 2. The second-order valence-electron chi connectivity index (χ2n) is 11.2. The average molecular weight is 658 g/mol. The Balaban J connectivity index is 1.18. The summed E-state index contributed by atoms with van der Waals surface area (Å²) in [5, 5.41) is 11.3. The number of aliphatic imine (C=N–C) groups is 1. The van der Waals surface area contributed by atoms with Crippen LogP contribution in [0, 0.1) is 11.6 Å². The molecule has 0 bridgehead atoms. The first kappa shape index (κ1) is 32.4. The number of aromatic nitrogens is 3. The fourth-order valence-electron chi connectivity index (χ4n) is 5.54. The minimum atomic E-state index is -0.929. The number of nitrogens with one attached hydrogen (secondary N) is 1. The largest absolute Gasteiger partial charge is 0.493 e. The van der Waals surface area contributed by atoms with Crippen LogP contribution < -0.4 is 25.5 Å². The number of pyridine rings is 1. The van der Waals surface area contributed by atoms with Crippen LogP contribution in [0.2, 0.25) is 0 Å². The summed E-state index contributed by atoms with van der Waals surface area (Å²) in [4.78, 5) is 37.9. The molecule has 248 valence electrons. The summed E-state index contributed by atoms with van der Waals surface area (Å²) in [6, 6.07) is 13.8. The summed E-state index contributed by atoms with van der Waals surface area (Å²) in [6.07, 6.45) is 7.22. The van der Waals surface area contributed by atoms with Gasteiger partial charge in [-0.1, -0.05) is 6.42 Å². The average Bonchev–Trinajstić information content (AvgIpc) is 3.08. The van der Waals surface area contributed by atoms with Gasteiger partial charge in [0, 0.05) is 36.5 Å². The van der Waals surface area contributed by atoms with Crippen molar-refractivity contribution in [2.75, 3.05) is 33.4 Å². The van der Waals surface area contributed by atoms with Gasteiger partial charge in [0.25, 0.3) is 5.56 Å². The van der Waals surface area contributed by atoms with E-state index < -0.39 is 28.8 Å². The van der Waals surface area contributed by atoms with Crippen molar-refractivity contribution in [3.63, 3.8) is 0 Å². The molecule has 1 aliphatic heterocycles. The van der Waals surface area contributed by atoms with Crippen LogP contribution in [-0.2, 0) is 0 Å². The SMILES string of the molecule is COc1cc2c(Oc3ccc(N=Cc4c(O)n(-c5ccc(F)cc5)c(=O)[nH]c4=O)cc3F)ccnc2cc1OCCCN1CCCCC1. The maximum Gasteiger partial charge on any atom is 0.335 e. The summed E-state index contributed by atoms with van der Waals surface area (Å²) >= 11 is 0. The maximum absolute atomic E-state index is 15.3. The second-order valence-corrected chi connectivity index (χ2v) is 11.2. The monoisotopic (exact) mass is 657 g/mol. The number of likely N-dealkylation sites (tertiary alicyclic amines) is 1. The standard InChI is InChI=1S/C35H33F2N5O6/c1-46-31-19-25-28(20-32(31)47-17-5-16-41-14-3-2-4-15-41)38-13-12-29(25)48-30-11-8-23(18-27(30)37)39-21-26-33(43)40-35(45)42(34(26)44)24-9-6-22(36)7-10-24/h6-13,18-21,44H,2-5,14-17H2,1H3,(H,40,43,45). The normalized spacial score (nSPS) is 13.6. The Kier molecular flexibility index (Phi) is 9.76. The zero-order valence-corrected chi connectivity index (χ0v) is 26.1. The molecule has 5 aromatic rings. The molecule has 0 saturated carbocycles. The lowest BCUT2D eigenvalue weighted by molar-refractivity contribution is 0.203. The van der Waals surface area contributed by atoms with Crippen LogP contribution in [0.3, 0.4) is 0 Å². The molecule has 6 rings (SSSR count). The summed E-state index contributed by atoms with van der Waals surface area (Å²) < 4.78 is 47.0. The Morgan fingerprint density at radius 3 is 2.50 bits per heavy atom. The number of hydrogen-bond donors (Lipinski definition) is 2. The van der Waals surface area contributed by atoms with E-state index in [4.69, 9.17) is 14.2 Å². The molecular weight excluding hydrogens is 624 g/mol. The van der Waals surface area contributed by atoms with E-state index in [-0.39, 0.29) is 22.7 Å². The van der Waals surface area contributed by atoms with E-state index in [0.29, 0.717) is 34.8 Å². The van der Waals surface area contributed by atoms with Gasteiger partial charge in [0.15, 0.2) is 23.1 Å². The minimum absolute atomic E-state index is 0.0935. The van der Waals surface area contributed by atoms with E-state index >= 15 is 4.39 Å². The van der Waals surface area contributed by atoms with Gasteiger partial charge in [-0.05, 0) is 80.9 Å². The van der Waals surface area contributed by atoms with Gasteiger partial charge >= 0.3 is 5.69 Å². The quantitative estimate of drug-likeness (QED) is 0.133. The third-order valence-corrected chi connectivity index (χ3v) is 8.00. The van der Waals surface area contributed by atoms with Crippen molar-refractivity contribution in [3.8, 4) is 34.6 Å². The van der Waals surface area contributed by atoms with Crippen molar-refractivity contribution in [1.82, 2.24) is 19.4 Å². The Bertz CT molecular complexity index is 2070. The van der Waals surface area contributed by atoms with Crippen LogP contribution in [0.1, 0.15) is 31.2 Å². The summed E-state index contributed by atoms with van der Waals surface area (Å²) in [6.45, 7) is 3.77. The van der Waals surface area contributed by atoms with Gasteiger partial charge in [-0.25, -0.2) is 18.1 Å². The first-order valence-corrected chi connectivity index (χ1v) is 15.5. The molecule has 3 aromatic carbocycles. The predicted octanol–water partition coefficient (Wildman–Crippen LogP) is 5.86. The predicted molar refractivity (Wildman–Crippen MR) is 177 cm³/mol. The molecular formula is C35H33F2N5O6. The Labute approximate surface area is 273 Å². The van der Waals surface area contributed by atoms with E-state index in [1.54, 1.807) is 31.5 Å². The van der Waals surface area contributed by atoms with Gasteiger partial charge in [-0.15, -0.1) is 0 Å². The van der Waals surface area contributed by atoms with Gasteiger partial charge in [-0.3, -0.25) is 19.8 Å². The number of aromatic hydroxyl groups is 1. The van der Waals surface area contributed by atoms with Crippen molar-refractivity contribution in [2.24, 2.45) is 4.99 Å². The third kappa shape index (κ3) is 7.20. The molecule has 0 aliphatic carbocycles. The second kappa shape index (κ2) is 14.5. The first-order valence-electron chi connectivity index (χ1n) is 15.5. The highest BCUT2D eigenvalue weighted by Gasteiger charge is 2.17. The molecule has 0 spiro atoms. The Morgan fingerprint density at radius 1 is 0.958 bits per heavy atom. The van der Waals surface area contributed by atoms with Crippen LogP contribution in [0.15, 0.2) is 81.4 Å². The third-order valence-electron chi connectivity index (χ3n) is 8.00.